The van der Waals surface area contributed by atoms with Gasteiger partial charge >= 0.3 is 0 Å². The van der Waals surface area contributed by atoms with Gasteiger partial charge in [0, 0.05) is 5.41 Å². The topological polar surface area (TPSA) is 40.5 Å². The van der Waals surface area contributed by atoms with Crippen molar-refractivity contribution in [3.63, 3.8) is 0 Å². The Morgan fingerprint density at radius 2 is 2.19 bits per heavy atom. The van der Waals surface area contributed by atoms with Crippen molar-refractivity contribution in [3.05, 3.63) is 10.6 Å². The summed E-state index contributed by atoms with van der Waals surface area (Å²) in [6.45, 7) is 3.87. The lowest BCUT2D eigenvalue weighted by Crippen LogP contribution is -2.53. The molecule has 2 aliphatic rings. The van der Waals surface area contributed by atoms with Crippen molar-refractivity contribution in [3.8, 4) is 0 Å². The van der Waals surface area contributed by atoms with Crippen molar-refractivity contribution in [2.75, 3.05) is 0 Å². The molecule has 0 radical (unpaired) electrons. The van der Waals surface area contributed by atoms with E-state index in [2.05, 4.69) is 22.9 Å². The lowest BCUT2D eigenvalue weighted by Gasteiger charge is -2.48. The molecule has 0 saturated heterocycles. The van der Waals surface area contributed by atoms with Gasteiger partial charge in [-0.15, -0.1) is 0 Å². The van der Waals surface area contributed by atoms with E-state index < -0.39 is 11.7 Å². The van der Waals surface area contributed by atoms with Gasteiger partial charge in [0.1, 0.15) is 0 Å². The molecule has 2 aliphatic carbocycles. The molecule has 0 aromatic carbocycles. The molecule has 16 heavy (non-hydrogen) atoms. The molecule has 0 unspecified atom stereocenters. The number of halogens is 1. The van der Waals surface area contributed by atoms with Crippen LogP contribution in [0.1, 0.15) is 46.0 Å². The second kappa shape index (κ2) is 4.11. The summed E-state index contributed by atoms with van der Waals surface area (Å²) in [6, 6.07) is 0. The van der Waals surface area contributed by atoms with E-state index in [-0.39, 0.29) is 5.41 Å². The molecule has 0 bridgehead atoms. The molecule has 92 valence electrons. The quantitative estimate of drug-likeness (QED) is 0.779. The number of hydrogen-bond acceptors (Lipinski definition) is 2. The highest BCUT2D eigenvalue weighted by molar-refractivity contribution is 9.11. The predicted octanol–water partition coefficient (Wildman–Crippen LogP) is 2.98. The molecule has 4 atom stereocenters. The van der Waals surface area contributed by atoms with Crippen molar-refractivity contribution in [2.45, 2.75) is 57.7 Å². The number of allylic oxidation sites excluding steroid dienone is 1. The largest absolute Gasteiger partial charge is 0.390 e. The van der Waals surface area contributed by atoms with E-state index >= 15 is 0 Å². The standard InChI is InChI=1S/C13H21BrO2/c1-9(15)13(16)7-5-11-10(8-14)4-3-6-12(11,13)2/h8-9,11,15-16H,3-7H2,1-2H3/b10-8+/t9-,11+,12+,13+/m1/s1. The molecule has 2 nitrogen and oxygen atoms in total. The lowest BCUT2D eigenvalue weighted by atomic mass is 9.61. The van der Waals surface area contributed by atoms with Gasteiger partial charge in [-0.1, -0.05) is 28.4 Å². The fourth-order valence-electron chi connectivity index (χ4n) is 3.91. The van der Waals surface area contributed by atoms with Crippen LogP contribution in [0.4, 0.5) is 0 Å². The molecular weight excluding hydrogens is 268 g/mol. The van der Waals surface area contributed by atoms with Crippen LogP contribution in [0, 0.1) is 11.3 Å². The predicted molar refractivity (Wildman–Crippen MR) is 68.3 cm³/mol. The van der Waals surface area contributed by atoms with Gasteiger partial charge in [-0.2, -0.15) is 0 Å². The molecule has 0 amide bonds. The van der Waals surface area contributed by atoms with E-state index in [9.17, 15) is 10.2 Å². The van der Waals surface area contributed by atoms with Crippen molar-refractivity contribution in [1.29, 1.82) is 0 Å². The number of rotatable bonds is 1. The summed E-state index contributed by atoms with van der Waals surface area (Å²) in [4.78, 5) is 2.03. The Bertz CT molecular complexity index is 313. The Hall–Kier alpha value is 0.140. The monoisotopic (exact) mass is 288 g/mol. The molecule has 0 spiro atoms. The number of aliphatic hydroxyl groups excluding tert-OH is 1. The van der Waals surface area contributed by atoms with Crippen LogP contribution in [-0.2, 0) is 0 Å². The van der Waals surface area contributed by atoms with Gasteiger partial charge in [0.25, 0.3) is 0 Å². The highest BCUT2D eigenvalue weighted by Crippen LogP contribution is 2.60. The molecule has 2 fully saturated rings. The lowest BCUT2D eigenvalue weighted by molar-refractivity contribution is -0.143. The first kappa shape index (κ1) is 12.6. The molecule has 2 N–H and O–H groups in total. The maximum Gasteiger partial charge on any atom is 0.0961 e. The van der Waals surface area contributed by atoms with Crippen LogP contribution in [0.3, 0.4) is 0 Å². The van der Waals surface area contributed by atoms with Crippen molar-refractivity contribution >= 4 is 15.9 Å². The number of aliphatic hydroxyl groups is 2. The van der Waals surface area contributed by atoms with Gasteiger partial charge in [0.05, 0.1) is 11.7 Å². The minimum Gasteiger partial charge on any atom is -0.390 e. The number of fused-ring (bicyclic) bond motifs is 1. The van der Waals surface area contributed by atoms with Gasteiger partial charge in [0.15, 0.2) is 0 Å². The van der Waals surface area contributed by atoms with E-state index in [4.69, 9.17) is 0 Å². The summed E-state index contributed by atoms with van der Waals surface area (Å²) in [6.07, 6.45) is 4.33. The third kappa shape index (κ3) is 1.52. The molecule has 2 saturated carbocycles. The number of hydrogen-bond donors (Lipinski definition) is 2. The molecule has 2 rings (SSSR count). The average molecular weight is 289 g/mol. The third-order valence-electron chi connectivity index (χ3n) is 5.01. The minimum atomic E-state index is -0.903. The molecule has 0 aliphatic heterocycles. The van der Waals surface area contributed by atoms with Crippen LogP contribution < -0.4 is 0 Å². The summed E-state index contributed by atoms with van der Waals surface area (Å²) < 4.78 is 0. The van der Waals surface area contributed by atoms with Gasteiger partial charge < -0.3 is 10.2 Å². The summed E-state index contributed by atoms with van der Waals surface area (Å²) in [5, 5.41) is 20.6. The minimum absolute atomic E-state index is 0.154. The Morgan fingerprint density at radius 1 is 1.50 bits per heavy atom. The fraction of sp³-hybridized carbons (Fsp3) is 0.846. The van der Waals surface area contributed by atoms with Gasteiger partial charge in [-0.05, 0) is 49.9 Å². The van der Waals surface area contributed by atoms with E-state index in [0.717, 1.165) is 32.1 Å². The van der Waals surface area contributed by atoms with Gasteiger partial charge in [-0.3, -0.25) is 0 Å². The Balaban J connectivity index is 2.38. The highest BCUT2D eigenvalue weighted by Gasteiger charge is 2.60. The zero-order chi connectivity index (χ0) is 12.0. The van der Waals surface area contributed by atoms with Crippen molar-refractivity contribution in [1.82, 2.24) is 0 Å². The molecule has 0 heterocycles. The van der Waals surface area contributed by atoms with Crippen LogP contribution >= 0.6 is 15.9 Å². The van der Waals surface area contributed by atoms with Gasteiger partial charge in [0.2, 0.25) is 0 Å². The first-order chi connectivity index (χ1) is 7.45. The van der Waals surface area contributed by atoms with E-state index in [0.29, 0.717) is 5.92 Å². The normalized spacial score (nSPS) is 48.1. The Kier molecular flexibility index (Phi) is 3.23. The SMILES string of the molecule is C[C@@H](O)[C@@]1(O)CC[C@H]2/C(=C/Br)CCC[C@@]21C. The average Bonchev–Trinajstić information content (AvgIpc) is 2.52. The maximum atomic E-state index is 10.7. The Morgan fingerprint density at radius 3 is 2.75 bits per heavy atom. The smallest absolute Gasteiger partial charge is 0.0961 e. The highest BCUT2D eigenvalue weighted by atomic mass is 79.9. The van der Waals surface area contributed by atoms with E-state index in [1.165, 1.54) is 5.57 Å². The third-order valence-corrected chi connectivity index (χ3v) is 5.60. The zero-order valence-electron chi connectivity index (χ0n) is 10.0. The Labute approximate surface area is 106 Å². The molecule has 0 aromatic heterocycles. The summed E-state index contributed by atoms with van der Waals surface area (Å²) in [5.41, 5.74) is 0.351. The second-order valence-corrected chi connectivity index (χ2v) is 6.10. The summed E-state index contributed by atoms with van der Waals surface area (Å²) in [5.74, 6) is 0.431. The van der Waals surface area contributed by atoms with Crippen LogP contribution in [0.15, 0.2) is 10.6 Å². The van der Waals surface area contributed by atoms with Crippen LogP contribution in [0.2, 0.25) is 0 Å². The van der Waals surface area contributed by atoms with Crippen molar-refractivity contribution < 1.29 is 10.2 Å². The molecule has 0 aromatic rings. The second-order valence-electron chi connectivity index (χ2n) is 5.65. The fourth-order valence-corrected chi connectivity index (χ4v) is 4.45. The summed E-state index contributed by atoms with van der Waals surface area (Å²) in [7, 11) is 0. The van der Waals surface area contributed by atoms with E-state index in [1.807, 2.05) is 4.99 Å². The van der Waals surface area contributed by atoms with Crippen LogP contribution in [-0.4, -0.2) is 21.9 Å². The van der Waals surface area contributed by atoms with Gasteiger partial charge in [-0.25, -0.2) is 0 Å². The first-order valence-corrected chi connectivity index (χ1v) is 7.07. The van der Waals surface area contributed by atoms with E-state index in [1.54, 1.807) is 6.92 Å². The maximum absolute atomic E-state index is 10.7. The summed E-state index contributed by atoms with van der Waals surface area (Å²) >= 11 is 3.44. The molecule has 3 heteroatoms. The first-order valence-electron chi connectivity index (χ1n) is 6.15. The zero-order valence-corrected chi connectivity index (χ0v) is 11.6. The van der Waals surface area contributed by atoms with Crippen LogP contribution in [0.25, 0.3) is 0 Å². The molecular formula is C13H21BrO2. The van der Waals surface area contributed by atoms with Crippen LogP contribution in [0.5, 0.6) is 0 Å². The van der Waals surface area contributed by atoms with Crippen molar-refractivity contribution in [2.24, 2.45) is 11.3 Å².